The summed E-state index contributed by atoms with van der Waals surface area (Å²) in [7, 11) is 0. The van der Waals surface area contributed by atoms with Crippen molar-refractivity contribution in [3.05, 3.63) is 24.0 Å². The van der Waals surface area contributed by atoms with Gasteiger partial charge in [0.05, 0.1) is 5.56 Å². The molecule has 1 aliphatic heterocycles. The van der Waals surface area contributed by atoms with Gasteiger partial charge in [0.25, 0.3) is 5.91 Å². The monoisotopic (exact) mass is 258 g/mol. The van der Waals surface area contributed by atoms with Crippen molar-refractivity contribution in [1.29, 1.82) is 0 Å². The van der Waals surface area contributed by atoms with E-state index in [1.165, 1.54) is 0 Å². The summed E-state index contributed by atoms with van der Waals surface area (Å²) in [4.78, 5) is 22.2. The Kier molecular flexibility index (Phi) is 2.73. The molecule has 0 spiro atoms. The van der Waals surface area contributed by atoms with Crippen molar-refractivity contribution in [3.63, 3.8) is 0 Å². The van der Waals surface area contributed by atoms with E-state index in [0.717, 1.165) is 5.56 Å². The van der Waals surface area contributed by atoms with E-state index in [0.29, 0.717) is 37.1 Å². The highest BCUT2D eigenvalue weighted by Crippen LogP contribution is 2.20. The van der Waals surface area contributed by atoms with Crippen LogP contribution in [0.15, 0.2) is 12.4 Å². The van der Waals surface area contributed by atoms with Crippen LogP contribution in [0.1, 0.15) is 23.4 Å². The van der Waals surface area contributed by atoms with E-state index >= 15 is 0 Å². The van der Waals surface area contributed by atoms with E-state index in [4.69, 9.17) is 0 Å². The Morgan fingerprint density at radius 2 is 1.84 bits per heavy atom. The molecule has 0 bridgehead atoms. The van der Waals surface area contributed by atoms with Crippen molar-refractivity contribution in [1.82, 2.24) is 29.6 Å². The molecular formula is C12H14N6O. The smallest absolute Gasteiger partial charge is 0.291 e. The molecule has 19 heavy (non-hydrogen) atoms. The van der Waals surface area contributed by atoms with Gasteiger partial charge in [-0.05, 0) is 13.8 Å². The Labute approximate surface area is 110 Å². The highest BCUT2D eigenvalue weighted by atomic mass is 16.2. The van der Waals surface area contributed by atoms with Crippen molar-refractivity contribution >= 4 is 5.91 Å². The van der Waals surface area contributed by atoms with Crippen LogP contribution in [0.3, 0.4) is 0 Å². The number of aryl methyl sites for hydroxylation is 1. The molecule has 0 unspecified atom stereocenters. The zero-order valence-electron chi connectivity index (χ0n) is 10.9. The summed E-state index contributed by atoms with van der Waals surface area (Å²) in [6.07, 6.45) is 3.41. The van der Waals surface area contributed by atoms with Gasteiger partial charge in [-0.1, -0.05) is 0 Å². The Morgan fingerprint density at radius 1 is 1.16 bits per heavy atom. The first kappa shape index (κ1) is 11.8. The Bertz CT molecular complexity index is 618. The van der Waals surface area contributed by atoms with Gasteiger partial charge >= 0.3 is 0 Å². The summed E-state index contributed by atoms with van der Waals surface area (Å²) >= 11 is 0. The highest BCUT2D eigenvalue weighted by molar-refractivity contribution is 5.92. The van der Waals surface area contributed by atoms with Crippen LogP contribution >= 0.6 is 0 Å². The van der Waals surface area contributed by atoms with E-state index in [2.05, 4.69) is 20.2 Å². The van der Waals surface area contributed by atoms with E-state index in [9.17, 15) is 4.79 Å². The fourth-order valence-corrected chi connectivity index (χ4v) is 2.16. The average molecular weight is 258 g/mol. The molecule has 7 nitrogen and oxygen atoms in total. The van der Waals surface area contributed by atoms with Crippen LogP contribution in [0.4, 0.5) is 0 Å². The van der Waals surface area contributed by atoms with Gasteiger partial charge in [-0.2, -0.15) is 0 Å². The normalized spacial score (nSPS) is 14.6. The summed E-state index contributed by atoms with van der Waals surface area (Å²) < 4.78 is 1.84. The minimum atomic E-state index is -0.0690. The van der Waals surface area contributed by atoms with Crippen molar-refractivity contribution in [2.45, 2.75) is 20.4 Å². The Morgan fingerprint density at radius 3 is 2.53 bits per heavy atom. The first-order valence-corrected chi connectivity index (χ1v) is 6.22. The van der Waals surface area contributed by atoms with Gasteiger partial charge < -0.3 is 9.47 Å². The number of nitrogens with zero attached hydrogens (tertiary/aromatic N) is 6. The van der Waals surface area contributed by atoms with Crippen LogP contribution in [0.25, 0.3) is 11.4 Å². The maximum absolute atomic E-state index is 12.1. The zero-order chi connectivity index (χ0) is 13.4. The number of hydrogen-bond donors (Lipinski definition) is 0. The van der Waals surface area contributed by atoms with Crippen molar-refractivity contribution in [2.24, 2.45) is 0 Å². The van der Waals surface area contributed by atoms with Crippen molar-refractivity contribution in [2.75, 3.05) is 13.1 Å². The summed E-state index contributed by atoms with van der Waals surface area (Å²) in [5.41, 5.74) is 0.780. The predicted octanol–water partition coefficient (Wildman–Crippen LogP) is 0.519. The second-order valence-corrected chi connectivity index (χ2v) is 4.40. The van der Waals surface area contributed by atoms with Gasteiger partial charge in [0, 0.05) is 32.0 Å². The third-order valence-corrected chi connectivity index (χ3v) is 3.24. The fourth-order valence-electron chi connectivity index (χ4n) is 2.16. The van der Waals surface area contributed by atoms with Gasteiger partial charge in [0.2, 0.25) is 5.82 Å². The lowest BCUT2D eigenvalue weighted by Gasteiger charge is -2.26. The molecule has 0 saturated heterocycles. The molecule has 0 fully saturated rings. The van der Waals surface area contributed by atoms with E-state index in [-0.39, 0.29) is 5.91 Å². The lowest BCUT2D eigenvalue weighted by atomic mass is 10.3. The lowest BCUT2D eigenvalue weighted by molar-refractivity contribution is 0.0707. The number of hydrogen-bond acceptors (Lipinski definition) is 5. The number of fused-ring (bicyclic) bond motifs is 1. The third-order valence-electron chi connectivity index (χ3n) is 3.24. The van der Waals surface area contributed by atoms with Gasteiger partial charge in [0.1, 0.15) is 5.82 Å². The van der Waals surface area contributed by atoms with Gasteiger partial charge in [-0.3, -0.25) is 4.79 Å². The highest BCUT2D eigenvalue weighted by Gasteiger charge is 2.28. The maximum Gasteiger partial charge on any atom is 0.291 e. The molecule has 2 aromatic rings. The second kappa shape index (κ2) is 4.42. The minimum Gasteiger partial charge on any atom is -0.334 e. The molecule has 98 valence electrons. The number of carbonyl (C=O) groups excluding carboxylic acids is 1. The maximum atomic E-state index is 12.1. The number of aromatic nitrogens is 5. The first-order valence-electron chi connectivity index (χ1n) is 6.22. The molecule has 1 amide bonds. The molecule has 2 aromatic heterocycles. The quantitative estimate of drug-likeness (QED) is 0.784. The molecule has 3 rings (SSSR count). The van der Waals surface area contributed by atoms with E-state index in [1.54, 1.807) is 17.3 Å². The number of likely N-dealkylation sites (N-methyl/N-ethyl adjacent to an activating group) is 1. The SMILES string of the molecule is CCN1CCn2c(nnc2-c2cnc(C)nc2)C1=O. The van der Waals surface area contributed by atoms with Crippen molar-refractivity contribution < 1.29 is 4.79 Å². The van der Waals surface area contributed by atoms with Crippen LogP contribution in [0.5, 0.6) is 0 Å². The van der Waals surface area contributed by atoms with Crippen LogP contribution in [-0.4, -0.2) is 48.6 Å². The summed E-state index contributed by atoms with van der Waals surface area (Å²) in [6, 6.07) is 0. The third kappa shape index (κ3) is 1.87. The lowest BCUT2D eigenvalue weighted by Crippen LogP contribution is -2.40. The molecule has 7 heteroatoms. The van der Waals surface area contributed by atoms with E-state index < -0.39 is 0 Å². The number of amides is 1. The van der Waals surface area contributed by atoms with Gasteiger partial charge in [-0.25, -0.2) is 9.97 Å². The molecule has 1 aliphatic rings. The summed E-state index contributed by atoms with van der Waals surface area (Å²) in [6.45, 7) is 5.85. The largest absolute Gasteiger partial charge is 0.334 e. The molecule has 3 heterocycles. The molecule has 0 radical (unpaired) electrons. The van der Waals surface area contributed by atoms with Crippen LogP contribution in [0, 0.1) is 6.92 Å². The molecule has 0 N–H and O–H groups in total. The van der Waals surface area contributed by atoms with Crippen LogP contribution in [-0.2, 0) is 6.54 Å². The number of rotatable bonds is 2. The molecule has 0 aromatic carbocycles. The van der Waals surface area contributed by atoms with Crippen LogP contribution in [0.2, 0.25) is 0 Å². The molecule has 0 atom stereocenters. The summed E-state index contributed by atoms with van der Waals surface area (Å²) in [5, 5.41) is 8.10. The first-order chi connectivity index (χ1) is 9.20. The summed E-state index contributed by atoms with van der Waals surface area (Å²) in [5.74, 6) is 1.68. The van der Waals surface area contributed by atoms with Crippen LogP contribution < -0.4 is 0 Å². The van der Waals surface area contributed by atoms with Gasteiger partial charge in [-0.15, -0.1) is 10.2 Å². The second-order valence-electron chi connectivity index (χ2n) is 4.40. The van der Waals surface area contributed by atoms with Gasteiger partial charge in [0.15, 0.2) is 5.82 Å². The fraction of sp³-hybridized carbons (Fsp3) is 0.417. The zero-order valence-corrected chi connectivity index (χ0v) is 10.9. The topological polar surface area (TPSA) is 76.8 Å². The number of carbonyl (C=O) groups is 1. The predicted molar refractivity (Wildman–Crippen MR) is 67.4 cm³/mol. The molecular weight excluding hydrogens is 244 g/mol. The Hall–Kier alpha value is -2.31. The average Bonchev–Trinajstić information content (AvgIpc) is 2.85. The molecule has 0 saturated carbocycles. The minimum absolute atomic E-state index is 0.0690. The van der Waals surface area contributed by atoms with E-state index in [1.807, 2.05) is 18.4 Å². The standard InChI is InChI=1S/C12H14N6O/c1-3-17-4-5-18-10(15-16-11(18)12(17)19)9-6-13-8(2)14-7-9/h6-7H,3-5H2,1-2H3. The van der Waals surface area contributed by atoms with Crippen molar-refractivity contribution in [3.8, 4) is 11.4 Å². The molecule has 0 aliphatic carbocycles. The Balaban J connectivity index is 2.03.